The molecule has 6 nitrogen and oxygen atoms in total. The summed E-state index contributed by atoms with van der Waals surface area (Å²) >= 11 is 0. The molecule has 2 aliphatic heterocycles. The zero-order valence-corrected chi connectivity index (χ0v) is 13.9. The highest BCUT2D eigenvalue weighted by atomic mass is 16.5. The molecule has 0 aromatic heterocycles. The molecular weight excluding hydrogens is 294 g/mol. The molecule has 0 N–H and O–H groups in total. The maximum absolute atomic E-state index is 12.8. The molecule has 0 aliphatic carbocycles. The summed E-state index contributed by atoms with van der Waals surface area (Å²) in [6.07, 6.45) is 0.272. The van der Waals surface area contributed by atoms with Crippen LogP contribution in [0.15, 0.2) is 18.2 Å². The van der Waals surface area contributed by atoms with Crippen molar-refractivity contribution in [3.05, 3.63) is 23.8 Å². The minimum Gasteiger partial charge on any atom is -0.497 e. The number of nitrogens with zero attached hydrogens (tertiary/aromatic N) is 3. The molecule has 2 amide bonds. The zero-order chi connectivity index (χ0) is 16.6. The Kier molecular flexibility index (Phi) is 4.37. The molecule has 0 spiro atoms. The Labute approximate surface area is 136 Å². The molecule has 1 aromatic rings. The van der Waals surface area contributed by atoms with E-state index in [2.05, 4.69) is 16.8 Å². The van der Waals surface area contributed by atoms with Crippen LogP contribution >= 0.6 is 0 Å². The maximum Gasteiger partial charge on any atom is 0.251 e. The number of carbonyl (C=O) groups is 2. The third kappa shape index (κ3) is 2.96. The molecular formula is C17H23N3O3. The van der Waals surface area contributed by atoms with E-state index in [0.717, 1.165) is 37.5 Å². The van der Waals surface area contributed by atoms with Crippen molar-refractivity contribution >= 4 is 17.5 Å². The molecule has 3 rings (SSSR count). The van der Waals surface area contributed by atoms with Gasteiger partial charge in [0.25, 0.3) is 5.91 Å². The number of piperazine rings is 1. The van der Waals surface area contributed by atoms with Gasteiger partial charge < -0.3 is 9.64 Å². The van der Waals surface area contributed by atoms with Crippen molar-refractivity contribution in [2.45, 2.75) is 19.4 Å². The molecule has 2 saturated heterocycles. The van der Waals surface area contributed by atoms with Crippen molar-refractivity contribution in [1.82, 2.24) is 9.80 Å². The van der Waals surface area contributed by atoms with Crippen LogP contribution in [0.2, 0.25) is 0 Å². The monoisotopic (exact) mass is 317 g/mol. The second-order valence-electron chi connectivity index (χ2n) is 6.28. The number of hydrogen-bond acceptors (Lipinski definition) is 5. The van der Waals surface area contributed by atoms with Gasteiger partial charge in [-0.15, -0.1) is 0 Å². The predicted octanol–water partition coefficient (Wildman–Crippen LogP) is 0.883. The lowest BCUT2D eigenvalue weighted by molar-refractivity contribution is -0.123. The van der Waals surface area contributed by atoms with Crippen molar-refractivity contribution in [1.29, 1.82) is 0 Å². The highest BCUT2D eigenvalue weighted by Gasteiger charge is 2.43. The van der Waals surface area contributed by atoms with Crippen LogP contribution in [-0.4, -0.2) is 68.0 Å². The van der Waals surface area contributed by atoms with Crippen molar-refractivity contribution in [2.24, 2.45) is 0 Å². The number of ether oxygens (including phenoxy) is 1. The Bertz CT molecular complexity index is 624. The number of carbonyl (C=O) groups excluding carboxylic acids is 2. The van der Waals surface area contributed by atoms with Gasteiger partial charge in [0.1, 0.15) is 5.75 Å². The first-order valence-electron chi connectivity index (χ1n) is 7.95. The number of methoxy groups -OCH3 is 1. The molecule has 124 valence electrons. The molecule has 6 heteroatoms. The quantitative estimate of drug-likeness (QED) is 0.775. The summed E-state index contributed by atoms with van der Waals surface area (Å²) in [5, 5.41) is 0. The fourth-order valence-corrected chi connectivity index (χ4v) is 3.29. The van der Waals surface area contributed by atoms with Crippen LogP contribution in [0.25, 0.3) is 0 Å². The van der Waals surface area contributed by atoms with Crippen LogP contribution in [0, 0.1) is 6.92 Å². The molecule has 1 unspecified atom stereocenters. The van der Waals surface area contributed by atoms with Gasteiger partial charge in [0, 0.05) is 26.2 Å². The predicted molar refractivity (Wildman–Crippen MR) is 87.7 cm³/mol. The summed E-state index contributed by atoms with van der Waals surface area (Å²) in [6, 6.07) is 5.10. The fourth-order valence-electron chi connectivity index (χ4n) is 3.29. The van der Waals surface area contributed by atoms with Gasteiger partial charge in [-0.1, -0.05) is 0 Å². The van der Waals surface area contributed by atoms with Crippen LogP contribution in [0.5, 0.6) is 5.75 Å². The number of benzene rings is 1. The highest BCUT2D eigenvalue weighted by Crippen LogP contribution is 2.30. The average Bonchev–Trinajstić information content (AvgIpc) is 2.83. The summed E-state index contributed by atoms with van der Waals surface area (Å²) in [6.45, 7) is 5.41. The summed E-state index contributed by atoms with van der Waals surface area (Å²) in [7, 11) is 3.68. The van der Waals surface area contributed by atoms with E-state index in [1.807, 2.05) is 13.0 Å². The summed E-state index contributed by atoms with van der Waals surface area (Å²) < 4.78 is 5.19. The van der Waals surface area contributed by atoms with Crippen LogP contribution in [-0.2, 0) is 9.59 Å². The lowest BCUT2D eigenvalue weighted by Gasteiger charge is -2.35. The number of hydrogen-bond donors (Lipinski definition) is 0. The molecule has 2 aliphatic rings. The molecule has 0 bridgehead atoms. The smallest absolute Gasteiger partial charge is 0.251 e. The van der Waals surface area contributed by atoms with Gasteiger partial charge in [0.2, 0.25) is 5.91 Å². The number of aryl methyl sites for hydroxylation is 1. The number of likely N-dealkylation sites (N-methyl/N-ethyl adjacent to an activating group) is 1. The van der Waals surface area contributed by atoms with E-state index in [0.29, 0.717) is 5.69 Å². The van der Waals surface area contributed by atoms with E-state index >= 15 is 0 Å². The summed E-state index contributed by atoms with van der Waals surface area (Å²) in [4.78, 5) is 31.0. The third-order valence-corrected chi connectivity index (χ3v) is 4.75. The SMILES string of the molecule is COc1ccc(N2C(=O)CC(N3CCN(C)CC3)C2=O)c(C)c1. The molecule has 1 atom stereocenters. The van der Waals surface area contributed by atoms with Gasteiger partial charge in [-0.3, -0.25) is 14.5 Å². The number of imide groups is 1. The Morgan fingerprint density at radius 3 is 2.43 bits per heavy atom. The van der Waals surface area contributed by atoms with Gasteiger partial charge >= 0.3 is 0 Å². The minimum atomic E-state index is -0.322. The van der Waals surface area contributed by atoms with Crippen LogP contribution in [0.3, 0.4) is 0 Å². The first kappa shape index (κ1) is 16.0. The third-order valence-electron chi connectivity index (χ3n) is 4.75. The van der Waals surface area contributed by atoms with Crippen molar-refractivity contribution in [3.8, 4) is 5.75 Å². The Morgan fingerprint density at radius 2 is 1.83 bits per heavy atom. The van der Waals surface area contributed by atoms with Crippen LogP contribution in [0.1, 0.15) is 12.0 Å². The van der Waals surface area contributed by atoms with Crippen LogP contribution in [0.4, 0.5) is 5.69 Å². The van der Waals surface area contributed by atoms with E-state index in [9.17, 15) is 9.59 Å². The van der Waals surface area contributed by atoms with Crippen molar-refractivity contribution in [3.63, 3.8) is 0 Å². The van der Waals surface area contributed by atoms with E-state index in [1.54, 1.807) is 19.2 Å². The van der Waals surface area contributed by atoms with Gasteiger partial charge in [-0.05, 0) is 37.7 Å². The second kappa shape index (κ2) is 6.29. The lowest BCUT2D eigenvalue weighted by atomic mass is 10.1. The molecule has 2 heterocycles. The highest BCUT2D eigenvalue weighted by molar-refractivity contribution is 6.22. The average molecular weight is 317 g/mol. The molecule has 1 aromatic carbocycles. The largest absolute Gasteiger partial charge is 0.497 e. The minimum absolute atomic E-state index is 0.104. The zero-order valence-electron chi connectivity index (χ0n) is 13.9. The second-order valence-corrected chi connectivity index (χ2v) is 6.28. The van der Waals surface area contributed by atoms with Gasteiger partial charge in [-0.2, -0.15) is 0 Å². The van der Waals surface area contributed by atoms with E-state index in [-0.39, 0.29) is 24.3 Å². The Hall–Kier alpha value is -1.92. The van der Waals surface area contributed by atoms with E-state index in [1.165, 1.54) is 4.90 Å². The number of anilines is 1. The van der Waals surface area contributed by atoms with Crippen molar-refractivity contribution < 1.29 is 14.3 Å². The maximum atomic E-state index is 12.8. The van der Waals surface area contributed by atoms with E-state index in [4.69, 9.17) is 4.74 Å². The normalized spacial score (nSPS) is 23.6. The number of rotatable bonds is 3. The van der Waals surface area contributed by atoms with Gasteiger partial charge in [0.05, 0.1) is 25.3 Å². The standard InChI is InChI=1S/C17H23N3O3/c1-12-10-13(23-3)4-5-14(12)20-16(21)11-15(17(20)22)19-8-6-18(2)7-9-19/h4-5,10,15H,6-9,11H2,1-3H3. The van der Waals surface area contributed by atoms with Crippen molar-refractivity contribution in [2.75, 3.05) is 45.2 Å². The lowest BCUT2D eigenvalue weighted by Crippen LogP contribution is -2.51. The summed E-state index contributed by atoms with van der Waals surface area (Å²) in [5.41, 5.74) is 1.53. The van der Waals surface area contributed by atoms with Crippen LogP contribution < -0.4 is 9.64 Å². The molecule has 0 radical (unpaired) electrons. The topological polar surface area (TPSA) is 53.1 Å². The summed E-state index contributed by atoms with van der Waals surface area (Å²) in [5.74, 6) is 0.501. The van der Waals surface area contributed by atoms with Gasteiger partial charge in [0.15, 0.2) is 0 Å². The molecule has 2 fully saturated rings. The first-order valence-corrected chi connectivity index (χ1v) is 7.95. The van der Waals surface area contributed by atoms with E-state index < -0.39 is 0 Å². The number of amides is 2. The first-order chi connectivity index (χ1) is 11.0. The fraction of sp³-hybridized carbons (Fsp3) is 0.529. The Balaban J connectivity index is 1.81. The molecule has 0 saturated carbocycles. The van der Waals surface area contributed by atoms with Gasteiger partial charge in [-0.25, -0.2) is 4.90 Å². The Morgan fingerprint density at radius 1 is 1.13 bits per heavy atom. The molecule has 23 heavy (non-hydrogen) atoms.